The van der Waals surface area contributed by atoms with Crippen LogP contribution < -0.4 is 4.72 Å². The summed E-state index contributed by atoms with van der Waals surface area (Å²) in [6.07, 6.45) is 5.63. The zero-order valence-electron chi connectivity index (χ0n) is 11.3. The fraction of sp³-hybridized carbons (Fsp3) is 0.143. The first kappa shape index (κ1) is 14.0. The predicted octanol–water partition coefficient (Wildman–Crippen LogP) is 3.05. The first-order valence-corrected chi connectivity index (χ1v) is 8.70. The van der Waals surface area contributed by atoms with Gasteiger partial charge in [-0.05, 0) is 30.7 Å². The lowest BCUT2D eigenvalue weighted by atomic mass is 10.2. The number of aromatic nitrogens is 2. The molecule has 0 aliphatic heterocycles. The Bertz CT molecular complexity index is 883. The van der Waals surface area contributed by atoms with E-state index < -0.39 is 10.0 Å². The highest BCUT2D eigenvalue weighted by atomic mass is 32.2. The van der Waals surface area contributed by atoms with Crippen LogP contribution in [0.4, 0.5) is 5.69 Å². The normalized spacial score (nSPS) is 11.7. The van der Waals surface area contributed by atoms with E-state index >= 15 is 0 Å². The molecule has 3 heterocycles. The van der Waals surface area contributed by atoms with Crippen LogP contribution >= 0.6 is 11.3 Å². The molecule has 0 aliphatic rings. The number of sulfonamides is 1. The first-order chi connectivity index (χ1) is 10.1. The summed E-state index contributed by atoms with van der Waals surface area (Å²) in [6, 6.07) is 6.85. The van der Waals surface area contributed by atoms with E-state index in [1.807, 2.05) is 13.0 Å². The first-order valence-electron chi connectivity index (χ1n) is 6.40. The zero-order chi connectivity index (χ0) is 14.9. The van der Waals surface area contributed by atoms with Crippen molar-refractivity contribution >= 4 is 38.0 Å². The third kappa shape index (κ3) is 2.74. The highest BCUT2D eigenvalue weighted by Gasteiger charge is 2.18. The lowest BCUT2D eigenvalue weighted by molar-refractivity contribution is 0.603. The number of nitrogens with one attached hydrogen (secondary N) is 1. The average molecular weight is 319 g/mol. The Morgan fingerprint density at radius 2 is 2.05 bits per heavy atom. The van der Waals surface area contributed by atoms with E-state index in [1.54, 1.807) is 36.8 Å². The highest BCUT2D eigenvalue weighted by Crippen LogP contribution is 2.27. The van der Waals surface area contributed by atoms with E-state index in [4.69, 9.17) is 0 Å². The monoisotopic (exact) mass is 319 g/mol. The predicted molar refractivity (Wildman–Crippen MR) is 84.0 cm³/mol. The molecule has 108 valence electrons. The molecule has 0 saturated heterocycles. The second-order valence-electron chi connectivity index (χ2n) is 4.43. The molecule has 0 aliphatic carbocycles. The van der Waals surface area contributed by atoms with Crippen LogP contribution in [0, 0.1) is 0 Å². The van der Waals surface area contributed by atoms with Gasteiger partial charge in [-0.15, -0.1) is 11.3 Å². The summed E-state index contributed by atoms with van der Waals surface area (Å²) >= 11 is 1.28. The topological polar surface area (TPSA) is 72.0 Å². The summed E-state index contributed by atoms with van der Waals surface area (Å²) in [7, 11) is -3.58. The molecule has 0 fully saturated rings. The van der Waals surface area contributed by atoms with Crippen molar-refractivity contribution in [2.24, 2.45) is 0 Å². The van der Waals surface area contributed by atoms with Crippen LogP contribution in [-0.2, 0) is 16.4 Å². The molecule has 3 rings (SSSR count). The molecule has 0 amide bonds. The molecule has 0 radical (unpaired) electrons. The van der Waals surface area contributed by atoms with Crippen molar-refractivity contribution in [1.29, 1.82) is 0 Å². The van der Waals surface area contributed by atoms with Gasteiger partial charge in [-0.1, -0.05) is 6.92 Å². The molecule has 0 spiro atoms. The molecule has 0 bridgehead atoms. The molecule has 0 saturated carbocycles. The van der Waals surface area contributed by atoms with Crippen molar-refractivity contribution in [2.45, 2.75) is 17.6 Å². The van der Waals surface area contributed by atoms with Gasteiger partial charge in [0.1, 0.15) is 4.21 Å². The van der Waals surface area contributed by atoms with Gasteiger partial charge in [0.2, 0.25) is 0 Å². The molecule has 7 heteroatoms. The Balaban J connectivity index is 2.01. The van der Waals surface area contributed by atoms with Crippen molar-refractivity contribution in [1.82, 2.24) is 9.97 Å². The minimum absolute atomic E-state index is 0.313. The Hall–Kier alpha value is -1.99. The third-order valence-electron chi connectivity index (χ3n) is 3.04. The maximum Gasteiger partial charge on any atom is 0.271 e. The van der Waals surface area contributed by atoms with Crippen LogP contribution in [0.5, 0.6) is 0 Å². The standard InChI is InChI=1S/C14H13N3O2S2/c1-2-10-3-4-14(20-10)21(18,19)17-13-6-8-16-12-5-7-15-9-11(12)13/h3-9H,2H2,1H3,(H,16,17). The summed E-state index contributed by atoms with van der Waals surface area (Å²) < 4.78 is 27.8. The quantitative estimate of drug-likeness (QED) is 0.802. The lowest BCUT2D eigenvalue weighted by Gasteiger charge is -2.08. The van der Waals surface area contributed by atoms with Crippen LogP contribution in [0.1, 0.15) is 11.8 Å². The fourth-order valence-electron chi connectivity index (χ4n) is 1.97. The number of aryl methyl sites for hydroxylation is 1. The van der Waals surface area contributed by atoms with Gasteiger partial charge in [0.25, 0.3) is 10.0 Å². The van der Waals surface area contributed by atoms with Gasteiger partial charge in [-0.25, -0.2) is 8.42 Å². The Labute approximate surface area is 126 Å². The number of thiophene rings is 1. The summed E-state index contributed by atoms with van der Waals surface area (Å²) in [4.78, 5) is 9.25. The van der Waals surface area contributed by atoms with Gasteiger partial charge in [-0.2, -0.15) is 0 Å². The van der Waals surface area contributed by atoms with E-state index in [-0.39, 0.29) is 0 Å². The van der Waals surface area contributed by atoms with Gasteiger partial charge in [0.15, 0.2) is 0 Å². The molecular formula is C14H13N3O2S2. The molecule has 3 aromatic heterocycles. The van der Waals surface area contributed by atoms with Crippen molar-refractivity contribution in [3.8, 4) is 0 Å². The number of hydrogen-bond acceptors (Lipinski definition) is 5. The molecule has 0 aromatic carbocycles. The van der Waals surface area contributed by atoms with Crippen molar-refractivity contribution < 1.29 is 8.42 Å². The van der Waals surface area contributed by atoms with E-state index in [0.717, 1.165) is 11.3 Å². The second-order valence-corrected chi connectivity index (χ2v) is 7.51. The van der Waals surface area contributed by atoms with Gasteiger partial charge < -0.3 is 0 Å². The summed E-state index contributed by atoms with van der Waals surface area (Å²) in [5.41, 5.74) is 1.19. The maximum absolute atomic E-state index is 12.4. The number of nitrogens with zero attached hydrogens (tertiary/aromatic N) is 2. The van der Waals surface area contributed by atoms with Crippen LogP contribution in [-0.4, -0.2) is 18.4 Å². The van der Waals surface area contributed by atoms with Gasteiger partial charge >= 0.3 is 0 Å². The van der Waals surface area contributed by atoms with Gasteiger partial charge in [0.05, 0.1) is 11.2 Å². The molecule has 3 aromatic rings. The summed E-state index contributed by atoms with van der Waals surface area (Å²) in [5.74, 6) is 0. The Morgan fingerprint density at radius 3 is 2.81 bits per heavy atom. The summed E-state index contributed by atoms with van der Waals surface area (Å²) in [6.45, 7) is 2.00. The number of hydrogen-bond donors (Lipinski definition) is 1. The molecule has 0 unspecified atom stereocenters. The Kier molecular flexibility index (Phi) is 3.60. The highest BCUT2D eigenvalue weighted by molar-refractivity contribution is 7.94. The third-order valence-corrected chi connectivity index (χ3v) is 6.12. The minimum Gasteiger partial charge on any atom is -0.278 e. The zero-order valence-corrected chi connectivity index (χ0v) is 12.9. The van der Waals surface area contributed by atoms with E-state index in [0.29, 0.717) is 20.8 Å². The van der Waals surface area contributed by atoms with Crippen LogP contribution in [0.2, 0.25) is 0 Å². The smallest absolute Gasteiger partial charge is 0.271 e. The van der Waals surface area contributed by atoms with Crippen molar-refractivity contribution in [3.63, 3.8) is 0 Å². The number of fused-ring (bicyclic) bond motifs is 1. The molecule has 5 nitrogen and oxygen atoms in total. The number of pyridine rings is 2. The van der Waals surface area contributed by atoms with Crippen molar-refractivity contribution in [2.75, 3.05) is 4.72 Å². The van der Waals surface area contributed by atoms with Crippen LogP contribution in [0.3, 0.4) is 0 Å². The largest absolute Gasteiger partial charge is 0.278 e. The number of anilines is 1. The van der Waals surface area contributed by atoms with Gasteiger partial charge in [0, 0.05) is 28.9 Å². The SMILES string of the molecule is CCc1ccc(S(=O)(=O)Nc2ccnc3ccncc23)s1. The fourth-order valence-corrected chi connectivity index (χ4v) is 4.34. The second kappa shape index (κ2) is 5.42. The molecule has 1 N–H and O–H groups in total. The van der Waals surface area contributed by atoms with Crippen LogP contribution in [0.25, 0.3) is 10.9 Å². The average Bonchev–Trinajstić information content (AvgIpc) is 2.97. The van der Waals surface area contributed by atoms with E-state index in [9.17, 15) is 8.42 Å². The van der Waals surface area contributed by atoms with E-state index in [1.165, 1.54) is 11.3 Å². The Morgan fingerprint density at radius 1 is 1.19 bits per heavy atom. The minimum atomic E-state index is -3.58. The molecular weight excluding hydrogens is 306 g/mol. The molecule has 21 heavy (non-hydrogen) atoms. The number of rotatable bonds is 4. The van der Waals surface area contributed by atoms with Crippen molar-refractivity contribution in [3.05, 3.63) is 47.7 Å². The van der Waals surface area contributed by atoms with Gasteiger partial charge in [-0.3, -0.25) is 14.7 Å². The maximum atomic E-state index is 12.4. The van der Waals surface area contributed by atoms with Crippen LogP contribution in [0.15, 0.2) is 47.1 Å². The van der Waals surface area contributed by atoms with E-state index in [2.05, 4.69) is 14.7 Å². The molecule has 0 atom stereocenters. The summed E-state index contributed by atoms with van der Waals surface area (Å²) in [5, 5.41) is 0.677. The lowest BCUT2D eigenvalue weighted by Crippen LogP contribution is -2.11.